The Hall–Kier alpha value is -1.46. The third kappa shape index (κ3) is 3.35. The van der Waals surface area contributed by atoms with Gasteiger partial charge in [0.05, 0.1) is 7.11 Å². The van der Waals surface area contributed by atoms with Crippen molar-refractivity contribution in [2.45, 2.75) is 24.4 Å². The Bertz CT molecular complexity index is 612. The van der Waals surface area contributed by atoms with Crippen molar-refractivity contribution in [3.63, 3.8) is 0 Å². The fourth-order valence-corrected chi connectivity index (χ4v) is 2.98. The van der Waals surface area contributed by atoms with Crippen LogP contribution in [-0.4, -0.2) is 21.9 Å². The van der Waals surface area contributed by atoms with Gasteiger partial charge in [0.1, 0.15) is 11.6 Å². The molecule has 0 amide bonds. The van der Waals surface area contributed by atoms with Crippen LogP contribution < -0.4 is 4.74 Å². The van der Waals surface area contributed by atoms with Crippen LogP contribution >= 0.6 is 23.4 Å². The summed E-state index contributed by atoms with van der Waals surface area (Å²) in [5.74, 6) is 2.43. The maximum Gasteiger partial charge on any atom is 0.191 e. The van der Waals surface area contributed by atoms with Gasteiger partial charge in [-0.2, -0.15) is 0 Å². The SMILES string of the molecule is C=CCn1c(C)nnc1SCc1cc(Cl)ccc1OC. The molecule has 0 bridgehead atoms. The molecule has 0 atom stereocenters. The van der Waals surface area contributed by atoms with Crippen LogP contribution in [0.3, 0.4) is 0 Å². The second kappa shape index (κ2) is 6.81. The molecule has 0 fully saturated rings. The van der Waals surface area contributed by atoms with Gasteiger partial charge in [-0.25, -0.2) is 0 Å². The Morgan fingerprint density at radius 3 is 2.95 bits per heavy atom. The van der Waals surface area contributed by atoms with Gasteiger partial charge in [0.2, 0.25) is 0 Å². The second-order valence-corrected chi connectivity index (χ2v) is 5.55. The highest BCUT2D eigenvalue weighted by atomic mass is 35.5. The summed E-state index contributed by atoms with van der Waals surface area (Å²) in [6.07, 6.45) is 1.83. The first-order valence-corrected chi connectivity index (χ1v) is 7.48. The van der Waals surface area contributed by atoms with Crippen molar-refractivity contribution in [3.05, 3.63) is 47.3 Å². The van der Waals surface area contributed by atoms with Gasteiger partial charge < -0.3 is 9.30 Å². The van der Waals surface area contributed by atoms with Crippen LogP contribution in [0.4, 0.5) is 0 Å². The molecule has 4 nitrogen and oxygen atoms in total. The third-order valence-electron chi connectivity index (χ3n) is 2.81. The van der Waals surface area contributed by atoms with Crippen molar-refractivity contribution in [2.24, 2.45) is 0 Å². The Morgan fingerprint density at radius 2 is 2.25 bits per heavy atom. The molecule has 0 N–H and O–H groups in total. The number of methoxy groups -OCH3 is 1. The number of nitrogens with zero attached hydrogens (tertiary/aromatic N) is 3. The van der Waals surface area contributed by atoms with E-state index in [0.29, 0.717) is 11.6 Å². The van der Waals surface area contributed by atoms with Gasteiger partial charge in [0.15, 0.2) is 5.16 Å². The number of thioether (sulfide) groups is 1. The van der Waals surface area contributed by atoms with E-state index < -0.39 is 0 Å². The molecule has 0 unspecified atom stereocenters. The number of aryl methyl sites for hydroxylation is 1. The van der Waals surface area contributed by atoms with Gasteiger partial charge in [-0.15, -0.1) is 16.8 Å². The summed E-state index contributed by atoms with van der Waals surface area (Å²) in [5.41, 5.74) is 1.04. The van der Waals surface area contributed by atoms with Crippen LogP contribution in [-0.2, 0) is 12.3 Å². The zero-order valence-electron chi connectivity index (χ0n) is 11.5. The Labute approximate surface area is 127 Å². The largest absolute Gasteiger partial charge is 0.496 e. The highest BCUT2D eigenvalue weighted by Gasteiger charge is 2.10. The van der Waals surface area contributed by atoms with Gasteiger partial charge in [-0.05, 0) is 25.1 Å². The fraction of sp³-hybridized carbons (Fsp3) is 0.286. The molecule has 0 radical (unpaired) electrons. The van der Waals surface area contributed by atoms with Crippen molar-refractivity contribution < 1.29 is 4.74 Å². The number of benzene rings is 1. The van der Waals surface area contributed by atoms with Crippen molar-refractivity contribution in [1.82, 2.24) is 14.8 Å². The van der Waals surface area contributed by atoms with Gasteiger partial charge in [-0.3, -0.25) is 0 Å². The van der Waals surface area contributed by atoms with E-state index in [4.69, 9.17) is 16.3 Å². The molecule has 0 aliphatic carbocycles. The molecule has 1 heterocycles. The van der Waals surface area contributed by atoms with Crippen LogP contribution in [0.1, 0.15) is 11.4 Å². The average Bonchev–Trinajstić information content (AvgIpc) is 2.78. The van der Waals surface area contributed by atoms with E-state index in [9.17, 15) is 0 Å². The Balaban J connectivity index is 2.16. The van der Waals surface area contributed by atoms with Crippen LogP contribution in [0.5, 0.6) is 5.75 Å². The van der Waals surface area contributed by atoms with E-state index in [2.05, 4.69) is 16.8 Å². The molecular formula is C14H16ClN3OS. The van der Waals surface area contributed by atoms with Crippen LogP contribution in [0.2, 0.25) is 5.02 Å². The topological polar surface area (TPSA) is 39.9 Å². The molecule has 0 saturated carbocycles. The summed E-state index contributed by atoms with van der Waals surface area (Å²) >= 11 is 7.63. The number of rotatable bonds is 6. The number of halogens is 1. The van der Waals surface area contributed by atoms with Gasteiger partial charge in [-0.1, -0.05) is 29.4 Å². The summed E-state index contributed by atoms with van der Waals surface area (Å²) in [5, 5.41) is 9.84. The van der Waals surface area contributed by atoms with Gasteiger partial charge >= 0.3 is 0 Å². The predicted molar refractivity (Wildman–Crippen MR) is 82.5 cm³/mol. The van der Waals surface area contributed by atoms with Crippen molar-refractivity contribution >= 4 is 23.4 Å². The highest BCUT2D eigenvalue weighted by Crippen LogP contribution is 2.29. The number of ether oxygens (including phenoxy) is 1. The summed E-state index contributed by atoms with van der Waals surface area (Å²) in [4.78, 5) is 0. The molecule has 106 valence electrons. The molecule has 0 aliphatic rings. The molecular weight excluding hydrogens is 294 g/mol. The summed E-state index contributed by atoms with van der Waals surface area (Å²) in [6.45, 7) is 6.39. The molecule has 20 heavy (non-hydrogen) atoms. The van der Waals surface area contributed by atoms with Crippen molar-refractivity contribution in [3.8, 4) is 5.75 Å². The summed E-state index contributed by atoms with van der Waals surface area (Å²) in [7, 11) is 1.65. The molecule has 1 aromatic heterocycles. The van der Waals surface area contributed by atoms with E-state index in [-0.39, 0.29) is 0 Å². The third-order valence-corrected chi connectivity index (χ3v) is 4.06. The van der Waals surface area contributed by atoms with Gasteiger partial charge in [0.25, 0.3) is 0 Å². The van der Waals surface area contributed by atoms with E-state index in [1.807, 2.05) is 35.8 Å². The molecule has 0 saturated heterocycles. The average molecular weight is 310 g/mol. The lowest BCUT2D eigenvalue weighted by molar-refractivity contribution is 0.411. The number of aromatic nitrogens is 3. The second-order valence-electron chi connectivity index (χ2n) is 4.17. The molecule has 2 rings (SSSR count). The van der Waals surface area contributed by atoms with Crippen LogP contribution in [0, 0.1) is 6.92 Å². The first-order valence-electron chi connectivity index (χ1n) is 6.11. The summed E-state index contributed by atoms with van der Waals surface area (Å²) in [6, 6.07) is 5.60. The molecule has 0 spiro atoms. The fourth-order valence-electron chi connectivity index (χ4n) is 1.81. The van der Waals surface area contributed by atoms with Crippen molar-refractivity contribution in [2.75, 3.05) is 7.11 Å². The van der Waals surface area contributed by atoms with Crippen LogP contribution in [0.15, 0.2) is 36.0 Å². The minimum Gasteiger partial charge on any atom is -0.496 e. The standard InChI is InChI=1S/C14H16ClN3OS/c1-4-7-18-10(2)16-17-14(18)20-9-11-8-12(15)5-6-13(11)19-3/h4-6,8H,1,7,9H2,2-3H3. The Morgan fingerprint density at radius 1 is 1.45 bits per heavy atom. The number of allylic oxidation sites excluding steroid dienone is 1. The monoisotopic (exact) mass is 309 g/mol. The highest BCUT2D eigenvalue weighted by molar-refractivity contribution is 7.98. The predicted octanol–water partition coefficient (Wildman–Crippen LogP) is 3.73. The first-order chi connectivity index (χ1) is 9.65. The minimum atomic E-state index is 0.699. The Kier molecular flexibility index (Phi) is 5.09. The van der Waals surface area contributed by atoms with Crippen LogP contribution in [0.25, 0.3) is 0 Å². The minimum absolute atomic E-state index is 0.699. The van der Waals surface area contributed by atoms with E-state index >= 15 is 0 Å². The zero-order chi connectivity index (χ0) is 14.5. The number of hydrogen-bond acceptors (Lipinski definition) is 4. The van der Waals surface area contributed by atoms with E-state index in [1.165, 1.54) is 0 Å². The smallest absolute Gasteiger partial charge is 0.191 e. The normalized spacial score (nSPS) is 10.6. The quantitative estimate of drug-likeness (QED) is 0.602. The zero-order valence-corrected chi connectivity index (χ0v) is 13.0. The molecule has 6 heteroatoms. The lowest BCUT2D eigenvalue weighted by Gasteiger charge is -2.09. The lowest BCUT2D eigenvalue weighted by atomic mass is 10.2. The maximum atomic E-state index is 6.03. The van der Waals surface area contributed by atoms with E-state index in [1.54, 1.807) is 18.9 Å². The van der Waals surface area contributed by atoms with Gasteiger partial charge in [0, 0.05) is 22.9 Å². The maximum absolute atomic E-state index is 6.03. The van der Waals surface area contributed by atoms with E-state index in [0.717, 1.165) is 28.0 Å². The molecule has 0 aliphatic heterocycles. The molecule has 1 aromatic carbocycles. The lowest BCUT2D eigenvalue weighted by Crippen LogP contribution is -2.00. The summed E-state index contributed by atoms with van der Waals surface area (Å²) < 4.78 is 7.36. The number of hydrogen-bond donors (Lipinski definition) is 0. The molecule has 2 aromatic rings. The first kappa shape index (κ1) is 14.9. The van der Waals surface area contributed by atoms with Crippen molar-refractivity contribution in [1.29, 1.82) is 0 Å².